The number of rotatable bonds is 6. The number of amides is 1. The Morgan fingerprint density at radius 3 is 2.57 bits per heavy atom. The smallest absolute Gasteiger partial charge is 0.339 e. The molecule has 122 valence electrons. The quantitative estimate of drug-likeness (QED) is 0.369. The van der Waals surface area contributed by atoms with Crippen molar-refractivity contribution in [3.63, 3.8) is 0 Å². The molecule has 1 amide bonds. The summed E-state index contributed by atoms with van der Waals surface area (Å²) in [5.74, 6) is 4.52. The SMILES string of the molecule is CCOC(=O)c1cc(-c2ccccc2)n(CCC(=O)NN)c1C. The third kappa shape index (κ3) is 3.78. The zero-order valence-electron chi connectivity index (χ0n) is 13.3. The number of hydrogen-bond donors (Lipinski definition) is 2. The molecule has 0 atom stereocenters. The minimum absolute atomic E-state index is 0.230. The average Bonchev–Trinajstić information content (AvgIpc) is 2.90. The minimum Gasteiger partial charge on any atom is -0.462 e. The molecule has 2 aromatic rings. The highest BCUT2D eigenvalue weighted by atomic mass is 16.5. The van der Waals surface area contributed by atoms with Crippen molar-refractivity contribution in [3.8, 4) is 11.3 Å². The Morgan fingerprint density at radius 1 is 1.26 bits per heavy atom. The fourth-order valence-corrected chi connectivity index (χ4v) is 2.48. The van der Waals surface area contributed by atoms with Crippen molar-refractivity contribution >= 4 is 11.9 Å². The number of aromatic nitrogens is 1. The Labute approximate surface area is 135 Å². The predicted molar refractivity (Wildman–Crippen MR) is 87.5 cm³/mol. The molecule has 0 fully saturated rings. The standard InChI is InChI=1S/C17H21N3O3/c1-3-23-17(22)14-11-15(13-7-5-4-6-8-13)20(12(14)2)10-9-16(21)19-18/h4-8,11H,3,9-10,18H2,1-2H3,(H,19,21). The van der Waals surface area contributed by atoms with Crippen LogP contribution in [-0.4, -0.2) is 23.1 Å². The largest absolute Gasteiger partial charge is 0.462 e. The Kier molecular flexibility index (Phi) is 5.54. The molecule has 0 unspecified atom stereocenters. The molecule has 0 saturated carbocycles. The fraction of sp³-hybridized carbons (Fsp3) is 0.294. The van der Waals surface area contributed by atoms with Gasteiger partial charge < -0.3 is 9.30 Å². The van der Waals surface area contributed by atoms with Crippen molar-refractivity contribution in [1.29, 1.82) is 0 Å². The molecule has 2 rings (SSSR count). The lowest BCUT2D eigenvalue weighted by atomic mass is 10.1. The monoisotopic (exact) mass is 315 g/mol. The second-order valence-electron chi connectivity index (χ2n) is 5.08. The Hall–Kier alpha value is -2.60. The summed E-state index contributed by atoms with van der Waals surface area (Å²) in [5.41, 5.74) is 5.25. The lowest BCUT2D eigenvalue weighted by Crippen LogP contribution is -2.30. The summed E-state index contributed by atoms with van der Waals surface area (Å²) in [6, 6.07) is 11.5. The predicted octanol–water partition coefficient (Wildman–Crippen LogP) is 2.02. The fourth-order valence-electron chi connectivity index (χ4n) is 2.48. The van der Waals surface area contributed by atoms with E-state index in [0.29, 0.717) is 18.7 Å². The van der Waals surface area contributed by atoms with Gasteiger partial charge in [-0.3, -0.25) is 10.2 Å². The van der Waals surface area contributed by atoms with E-state index >= 15 is 0 Å². The molecular weight excluding hydrogens is 294 g/mol. The number of benzene rings is 1. The summed E-state index contributed by atoms with van der Waals surface area (Å²) < 4.78 is 7.05. The van der Waals surface area contributed by atoms with E-state index in [2.05, 4.69) is 5.43 Å². The van der Waals surface area contributed by atoms with Gasteiger partial charge in [-0.25, -0.2) is 10.6 Å². The van der Waals surface area contributed by atoms with Crippen LogP contribution in [0.5, 0.6) is 0 Å². The number of carbonyl (C=O) groups excluding carboxylic acids is 2. The van der Waals surface area contributed by atoms with E-state index in [1.165, 1.54) is 0 Å². The number of hydrogen-bond acceptors (Lipinski definition) is 4. The molecule has 0 saturated heterocycles. The van der Waals surface area contributed by atoms with Crippen molar-refractivity contribution in [2.75, 3.05) is 6.61 Å². The summed E-state index contributed by atoms with van der Waals surface area (Å²) in [4.78, 5) is 23.6. The van der Waals surface area contributed by atoms with Crippen LogP contribution in [0.4, 0.5) is 0 Å². The summed E-state index contributed by atoms with van der Waals surface area (Å²) in [7, 11) is 0. The van der Waals surface area contributed by atoms with Crippen molar-refractivity contribution in [2.45, 2.75) is 26.8 Å². The van der Waals surface area contributed by atoms with Gasteiger partial charge in [0, 0.05) is 24.4 Å². The first kappa shape index (κ1) is 16.8. The number of esters is 1. The number of nitrogens with two attached hydrogens (primary N) is 1. The first-order chi connectivity index (χ1) is 11.1. The Bertz CT molecular complexity index is 693. The van der Waals surface area contributed by atoms with Crippen LogP contribution in [-0.2, 0) is 16.1 Å². The molecule has 23 heavy (non-hydrogen) atoms. The number of ether oxygens (including phenoxy) is 1. The van der Waals surface area contributed by atoms with Gasteiger partial charge in [-0.1, -0.05) is 30.3 Å². The molecule has 3 N–H and O–H groups in total. The number of nitrogens with one attached hydrogen (secondary N) is 1. The third-order valence-electron chi connectivity index (χ3n) is 3.65. The van der Waals surface area contributed by atoms with Gasteiger partial charge in [0.05, 0.1) is 12.2 Å². The van der Waals surface area contributed by atoms with E-state index in [9.17, 15) is 9.59 Å². The normalized spacial score (nSPS) is 10.4. The minimum atomic E-state index is -0.357. The zero-order chi connectivity index (χ0) is 16.8. The van der Waals surface area contributed by atoms with Crippen LogP contribution in [0.15, 0.2) is 36.4 Å². The van der Waals surface area contributed by atoms with E-state index in [-0.39, 0.29) is 18.3 Å². The molecule has 0 spiro atoms. The molecule has 0 aliphatic heterocycles. The van der Waals surface area contributed by atoms with E-state index < -0.39 is 0 Å². The number of nitrogens with zero attached hydrogens (tertiary/aromatic N) is 1. The van der Waals surface area contributed by atoms with E-state index in [0.717, 1.165) is 17.0 Å². The summed E-state index contributed by atoms with van der Waals surface area (Å²) in [6.07, 6.45) is 0.230. The van der Waals surface area contributed by atoms with Crippen molar-refractivity contribution in [1.82, 2.24) is 9.99 Å². The molecular formula is C17H21N3O3. The van der Waals surface area contributed by atoms with Crippen molar-refractivity contribution in [3.05, 3.63) is 47.7 Å². The molecule has 1 aromatic heterocycles. The summed E-state index contributed by atoms with van der Waals surface area (Å²) >= 11 is 0. The average molecular weight is 315 g/mol. The number of carbonyl (C=O) groups is 2. The van der Waals surface area contributed by atoms with Gasteiger partial charge in [-0.05, 0) is 25.5 Å². The third-order valence-corrected chi connectivity index (χ3v) is 3.65. The van der Waals surface area contributed by atoms with Crippen LogP contribution >= 0.6 is 0 Å². The highest BCUT2D eigenvalue weighted by molar-refractivity contribution is 5.92. The summed E-state index contributed by atoms with van der Waals surface area (Å²) in [5, 5.41) is 0. The van der Waals surface area contributed by atoms with Gasteiger partial charge in [-0.2, -0.15) is 0 Å². The maximum atomic E-state index is 12.1. The van der Waals surface area contributed by atoms with Gasteiger partial charge in [-0.15, -0.1) is 0 Å². The Morgan fingerprint density at radius 2 is 1.96 bits per heavy atom. The first-order valence-corrected chi connectivity index (χ1v) is 7.50. The van der Waals surface area contributed by atoms with E-state index in [1.807, 2.05) is 47.9 Å². The van der Waals surface area contributed by atoms with Gasteiger partial charge in [0.25, 0.3) is 0 Å². The van der Waals surface area contributed by atoms with Crippen molar-refractivity contribution < 1.29 is 14.3 Å². The molecule has 0 aliphatic rings. The lowest BCUT2D eigenvalue weighted by molar-refractivity contribution is -0.121. The lowest BCUT2D eigenvalue weighted by Gasteiger charge is -2.11. The molecule has 1 aromatic carbocycles. The van der Waals surface area contributed by atoms with Gasteiger partial charge >= 0.3 is 5.97 Å². The molecule has 1 heterocycles. The van der Waals surface area contributed by atoms with Crippen LogP contribution in [0.3, 0.4) is 0 Å². The topological polar surface area (TPSA) is 86.3 Å². The molecule has 6 heteroatoms. The van der Waals surface area contributed by atoms with Crippen LogP contribution in [0, 0.1) is 6.92 Å². The molecule has 0 radical (unpaired) electrons. The Balaban J connectivity index is 2.43. The highest BCUT2D eigenvalue weighted by Crippen LogP contribution is 2.26. The van der Waals surface area contributed by atoms with Gasteiger partial charge in [0.2, 0.25) is 5.91 Å². The second-order valence-corrected chi connectivity index (χ2v) is 5.08. The highest BCUT2D eigenvalue weighted by Gasteiger charge is 2.19. The van der Waals surface area contributed by atoms with Gasteiger partial charge in [0.15, 0.2) is 0 Å². The zero-order valence-corrected chi connectivity index (χ0v) is 13.3. The maximum absolute atomic E-state index is 12.1. The maximum Gasteiger partial charge on any atom is 0.339 e. The van der Waals surface area contributed by atoms with Crippen LogP contribution in [0.2, 0.25) is 0 Å². The molecule has 6 nitrogen and oxygen atoms in total. The van der Waals surface area contributed by atoms with Crippen LogP contribution in [0.1, 0.15) is 29.4 Å². The molecule has 0 bridgehead atoms. The van der Waals surface area contributed by atoms with Crippen LogP contribution in [0.25, 0.3) is 11.3 Å². The van der Waals surface area contributed by atoms with Crippen LogP contribution < -0.4 is 11.3 Å². The van der Waals surface area contributed by atoms with Crippen molar-refractivity contribution in [2.24, 2.45) is 5.84 Å². The number of hydrazine groups is 1. The first-order valence-electron chi connectivity index (χ1n) is 7.50. The molecule has 0 aliphatic carbocycles. The summed E-state index contributed by atoms with van der Waals surface area (Å²) in [6.45, 7) is 4.37. The van der Waals surface area contributed by atoms with E-state index in [4.69, 9.17) is 10.6 Å². The second kappa shape index (κ2) is 7.60. The van der Waals surface area contributed by atoms with Gasteiger partial charge in [0.1, 0.15) is 0 Å². The van der Waals surface area contributed by atoms with E-state index in [1.54, 1.807) is 6.92 Å².